The fourth-order valence-electron chi connectivity index (χ4n) is 3.66. The van der Waals surface area contributed by atoms with E-state index in [1.165, 1.54) is 10.4 Å². The van der Waals surface area contributed by atoms with Gasteiger partial charge in [-0.3, -0.25) is 0 Å². The molecule has 0 radical (unpaired) electrons. The zero-order chi connectivity index (χ0) is 21.7. The third-order valence-electron chi connectivity index (χ3n) is 5.58. The molecule has 2 unspecified atom stereocenters. The molecule has 0 spiro atoms. The molecule has 154 valence electrons. The molecule has 30 heavy (non-hydrogen) atoms. The lowest BCUT2D eigenvalue weighted by Crippen LogP contribution is -2.66. The number of benzene rings is 3. The average molecular weight is 447 g/mol. The van der Waals surface area contributed by atoms with Gasteiger partial charge in [0.2, 0.25) is 16.6 Å². The lowest BCUT2D eigenvalue weighted by atomic mass is 10.4. The largest absolute Gasteiger partial charge is 0.426 e. The van der Waals surface area contributed by atoms with Crippen LogP contribution in [0.5, 0.6) is 0 Å². The molecule has 2 nitrogen and oxygen atoms in total. The lowest BCUT2D eigenvalue weighted by Gasteiger charge is -2.41. The monoisotopic (exact) mass is 446 g/mol. The predicted molar refractivity (Wildman–Crippen MR) is 136 cm³/mol. The van der Waals surface area contributed by atoms with Crippen LogP contribution in [0.15, 0.2) is 116 Å². The summed E-state index contributed by atoms with van der Waals surface area (Å²) in [6.07, 6.45) is 0. The lowest BCUT2D eigenvalue weighted by molar-refractivity contribution is 0.415. The summed E-state index contributed by atoms with van der Waals surface area (Å²) in [4.78, 5) is 0. The van der Waals surface area contributed by atoms with Crippen molar-refractivity contribution < 1.29 is 8.23 Å². The molecule has 0 amide bonds. The van der Waals surface area contributed by atoms with Gasteiger partial charge in [-0.1, -0.05) is 102 Å². The van der Waals surface area contributed by atoms with Gasteiger partial charge < -0.3 is 8.23 Å². The molecule has 0 saturated heterocycles. The van der Waals surface area contributed by atoms with Crippen LogP contribution in [0.1, 0.15) is 0 Å². The summed E-state index contributed by atoms with van der Waals surface area (Å²) in [7, 11) is -7.71. The summed E-state index contributed by atoms with van der Waals surface area (Å²) in [6.45, 7) is 14.9. The minimum absolute atomic E-state index is 1.12. The van der Waals surface area contributed by atoms with Crippen molar-refractivity contribution in [1.29, 1.82) is 0 Å². The second kappa shape index (κ2) is 9.24. The molecule has 0 aliphatic heterocycles. The van der Waals surface area contributed by atoms with E-state index in [9.17, 15) is 0 Å². The molecule has 3 rings (SSSR count). The smallest absolute Gasteiger partial charge is 0.349 e. The SMILES string of the molecule is C=C[Si](C)(O[Si](C)(O[Si](C)(C=C)c1ccccc1)c1ccccc1)c1ccccc1. The van der Waals surface area contributed by atoms with Crippen LogP contribution in [-0.4, -0.2) is 25.2 Å². The molecular weight excluding hydrogens is 417 g/mol. The first kappa shape index (κ1) is 22.4. The summed E-state index contributed by atoms with van der Waals surface area (Å²) in [6, 6.07) is 31.2. The minimum Gasteiger partial charge on any atom is -0.426 e. The van der Waals surface area contributed by atoms with Crippen molar-refractivity contribution >= 4 is 40.8 Å². The molecule has 0 aromatic heterocycles. The maximum atomic E-state index is 7.09. The Morgan fingerprint density at radius 3 is 1.13 bits per heavy atom. The van der Waals surface area contributed by atoms with Gasteiger partial charge in [0.15, 0.2) is 0 Å². The minimum atomic E-state index is -2.82. The van der Waals surface area contributed by atoms with Gasteiger partial charge in [0.25, 0.3) is 0 Å². The van der Waals surface area contributed by atoms with Crippen molar-refractivity contribution in [1.82, 2.24) is 0 Å². The van der Waals surface area contributed by atoms with E-state index in [1.807, 2.05) is 29.6 Å². The van der Waals surface area contributed by atoms with E-state index in [0.29, 0.717) is 0 Å². The number of rotatable bonds is 9. The van der Waals surface area contributed by atoms with E-state index in [1.54, 1.807) is 0 Å². The van der Waals surface area contributed by atoms with E-state index in [2.05, 4.69) is 106 Å². The van der Waals surface area contributed by atoms with Crippen LogP contribution in [0, 0.1) is 0 Å². The van der Waals surface area contributed by atoms with Crippen LogP contribution in [0.4, 0.5) is 0 Å². The first-order valence-corrected chi connectivity index (χ1v) is 17.5. The summed E-state index contributed by atoms with van der Waals surface area (Å²) in [5.74, 6) is 0. The third kappa shape index (κ3) is 4.71. The molecule has 2 atom stereocenters. The highest BCUT2D eigenvalue weighted by Gasteiger charge is 2.47. The molecule has 0 saturated carbocycles. The first-order valence-electron chi connectivity index (χ1n) is 10.2. The Balaban J connectivity index is 2.08. The summed E-state index contributed by atoms with van der Waals surface area (Å²) >= 11 is 0. The van der Waals surface area contributed by atoms with Crippen LogP contribution in [-0.2, 0) is 8.23 Å². The highest BCUT2D eigenvalue weighted by atomic mass is 28.5. The van der Waals surface area contributed by atoms with Gasteiger partial charge in [-0.05, 0) is 35.2 Å². The Morgan fingerprint density at radius 1 is 0.533 bits per heavy atom. The topological polar surface area (TPSA) is 18.5 Å². The van der Waals surface area contributed by atoms with Crippen LogP contribution >= 0.6 is 0 Å². The van der Waals surface area contributed by atoms with Gasteiger partial charge in [0.05, 0.1) is 0 Å². The Bertz CT molecular complexity index is 920. The number of hydrogen-bond donors (Lipinski definition) is 0. The van der Waals surface area contributed by atoms with Gasteiger partial charge in [0.1, 0.15) is 0 Å². The Labute approximate surface area is 184 Å². The van der Waals surface area contributed by atoms with Crippen LogP contribution in [0.2, 0.25) is 19.6 Å². The molecular formula is C25H30O2Si3. The highest BCUT2D eigenvalue weighted by molar-refractivity contribution is 7.03. The van der Waals surface area contributed by atoms with Crippen molar-refractivity contribution in [2.75, 3.05) is 0 Å². The molecule has 3 aromatic carbocycles. The zero-order valence-corrected chi connectivity index (χ0v) is 21.0. The van der Waals surface area contributed by atoms with Gasteiger partial charge in [-0.15, -0.1) is 13.2 Å². The molecule has 5 heteroatoms. The molecule has 0 aliphatic rings. The zero-order valence-electron chi connectivity index (χ0n) is 18.0. The van der Waals surface area contributed by atoms with E-state index >= 15 is 0 Å². The summed E-state index contributed by atoms with van der Waals surface area (Å²) in [5.41, 5.74) is 4.02. The van der Waals surface area contributed by atoms with Crippen LogP contribution < -0.4 is 15.6 Å². The Morgan fingerprint density at radius 2 is 0.833 bits per heavy atom. The van der Waals surface area contributed by atoms with Crippen molar-refractivity contribution in [2.24, 2.45) is 0 Å². The first-order chi connectivity index (χ1) is 14.4. The maximum Gasteiger partial charge on any atom is 0.349 e. The second-order valence-corrected chi connectivity index (χ2v) is 18.4. The maximum absolute atomic E-state index is 7.09. The molecule has 0 aliphatic carbocycles. The van der Waals surface area contributed by atoms with E-state index in [0.717, 1.165) is 5.19 Å². The molecule has 3 aromatic rings. The fourth-order valence-corrected chi connectivity index (χ4v) is 16.2. The predicted octanol–water partition coefficient (Wildman–Crippen LogP) is 4.41. The van der Waals surface area contributed by atoms with Crippen molar-refractivity contribution in [3.63, 3.8) is 0 Å². The van der Waals surface area contributed by atoms with Gasteiger partial charge in [0, 0.05) is 0 Å². The van der Waals surface area contributed by atoms with Crippen LogP contribution in [0.25, 0.3) is 0 Å². The van der Waals surface area contributed by atoms with Gasteiger partial charge in [-0.25, -0.2) is 0 Å². The molecule has 0 fully saturated rings. The molecule has 0 N–H and O–H groups in total. The van der Waals surface area contributed by atoms with E-state index < -0.39 is 25.2 Å². The summed E-state index contributed by atoms with van der Waals surface area (Å²) in [5, 5.41) is 3.51. The second-order valence-electron chi connectivity index (χ2n) is 7.87. The quantitative estimate of drug-likeness (QED) is 0.453. The molecule has 0 heterocycles. The standard InChI is InChI=1S/C25H30O2Si3/c1-6-28(3,23-17-11-8-12-18-23)26-30(5,25-21-15-10-16-22-25)27-29(4,7-2)24-19-13-9-14-20-24/h6-22H,1-2H2,3-5H3. The highest BCUT2D eigenvalue weighted by Crippen LogP contribution is 2.22. The van der Waals surface area contributed by atoms with E-state index in [-0.39, 0.29) is 0 Å². The van der Waals surface area contributed by atoms with Gasteiger partial charge in [-0.2, -0.15) is 0 Å². The van der Waals surface area contributed by atoms with Crippen molar-refractivity contribution in [3.05, 3.63) is 116 Å². The van der Waals surface area contributed by atoms with Crippen molar-refractivity contribution in [3.8, 4) is 0 Å². The normalized spacial score (nSPS) is 17.2. The average Bonchev–Trinajstić information content (AvgIpc) is 2.80. The summed E-state index contributed by atoms with van der Waals surface area (Å²) < 4.78 is 14.2. The van der Waals surface area contributed by atoms with E-state index in [4.69, 9.17) is 8.23 Å². The van der Waals surface area contributed by atoms with Crippen molar-refractivity contribution in [2.45, 2.75) is 19.6 Å². The van der Waals surface area contributed by atoms with Crippen LogP contribution in [0.3, 0.4) is 0 Å². The Kier molecular flexibility index (Phi) is 6.90. The van der Waals surface area contributed by atoms with Gasteiger partial charge >= 0.3 is 8.56 Å². The molecule has 0 bridgehead atoms. The number of hydrogen-bond acceptors (Lipinski definition) is 2. The fraction of sp³-hybridized carbons (Fsp3) is 0.120. The Hall–Kier alpha value is -2.29. The third-order valence-corrected chi connectivity index (χ3v) is 18.0.